The van der Waals surface area contributed by atoms with E-state index >= 15 is 0 Å². The predicted octanol–water partition coefficient (Wildman–Crippen LogP) is 1.26. The number of carboxylic acid groups (broad SMARTS) is 1. The van der Waals surface area contributed by atoms with Gasteiger partial charge in [0, 0.05) is 19.0 Å². The zero-order valence-electron chi connectivity index (χ0n) is 10.3. The number of carboxylic acids is 1. The first-order valence-electron chi connectivity index (χ1n) is 5.59. The maximum absolute atomic E-state index is 11.9. The van der Waals surface area contributed by atoms with Gasteiger partial charge in [-0.3, -0.25) is 0 Å². The predicted molar refractivity (Wildman–Crippen MR) is 65.1 cm³/mol. The first kappa shape index (κ1) is 15.2. The van der Waals surface area contributed by atoms with Crippen LogP contribution in [0.2, 0.25) is 0 Å². The Kier molecular flexibility index (Phi) is 5.09. The second-order valence-corrected chi connectivity index (χ2v) is 5.58. The average Bonchev–Trinajstić information content (AvgIpc) is 2.72. The molecule has 0 aliphatic carbocycles. The molecule has 0 spiro atoms. The van der Waals surface area contributed by atoms with E-state index in [1.807, 2.05) is 6.07 Å². The second kappa shape index (κ2) is 6.36. The van der Waals surface area contributed by atoms with Crippen molar-refractivity contribution in [3.63, 3.8) is 0 Å². The van der Waals surface area contributed by atoms with Crippen molar-refractivity contribution in [1.82, 2.24) is 4.72 Å². The molecular formula is C11H14N2O5S. The number of hydrogen-bond acceptors (Lipinski definition) is 5. The van der Waals surface area contributed by atoms with Gasteiger partial charge in [0.05, 0.1) is 6.07 Å². The number of sulfonamides is 1. The summed E-state index contributed by atoms with van der Waals surface area (Å²) in [7, 11) is -3.78. The van der Waals surface area contributed by atoms with Crippen LogP contribution in [0.3, 0.4) is 0 Å². The lowest BCUT2D eigenvalue weighted by molar-refractivity contribution is 0.0661. The largest absolute Gasteiger partial charge is 0.475 e. The Morgan fingerprint density at radius 2 is 2.21 bits per heavy atom. The Morgan fingerprint density at radius 3 is 2.74 bits per heavy atom. The molecule has 1 aromatic rings. The van der Waals surface area contributed by atoms with Gasteiger partial charge in [-0.15, -0.1) is 0 Å². The number of rotatable bonds is 7. The summed E-state index contributed by atoms with van der Waals surface area (Å²) < 4.78 is 31.0. The average molecular weight is 286 g/mol. The van der Waals surface area contributed by atoms with Crippen molar-refractivity contribution in [2.24, 2.45) is 0 Å². The molecule has 0 saturated heterocycles. The van der Waals surface area contributed by atoms with Gasteiger partial charge in [0.15, 0.2) is 0 Å². The molecule has 7 nitrogen and oxygen atoms in total. The Morgan fingerprint density at radius 1 is 1.53 bits per heavy atom. The van der Waals surface area contributed by atoms with Crippen molar-refractivity contribution >= 4 is 16.0 Å². The Balaban J connectivity index is 2.72. The number of carbonyl (C=O) groups is 1. The highest BCUT2D eigenvalue weighted by Crippen LogP contribution is 2.19. The lowest BCUT2D eigenvalue weighted by Gasteiger charge is -2.04. The fourth-order valence-electron chi connectivity index (χ4n) is 1.45. The number of hydrogen-bond donors (Lipinski definition) is 2. The number of furan rings is 1. The van der Waals surface area contributed by atoms with Crippen molar-refractivity contribution in [2.75, 3.05) is 6.54 Å². The number of unbranched alkanes of at least 4 members (excludes halogenated alkanes) is 2. The molecule has 2 N–H and O–H groups in total. The molecular weight excluding hydrogens is 272 g/mol. The third kappa shape index (κ3) is 4.08. The van der Waals surface area contributed by atoms with Crippen LogP contribution in [0.4, 0.5) is 0 Å². The van der Waals surface area contributed by atoms with Crippen molar-refractivity contribution in [3.8, 4) is 6.07 Å². The summed E-state index contributed by atoms with van der Waals surface area (Å²) in [6, 6.07) is 2.95. The SMILES string of the molecule is Cc1oc(C(=O)O)cc1S(=O)(=O)NCCCCC#N. The van der Waals surface area contributed by atoms with Crippen LogP contribution in [-0.4, -0.2) is 26.0 Å². The number of aryl methyl sites for hydroxylation is 1. The minimum Gasteiger partial charge on any atom is -0.475 e. The van der Waals surface area contributed by atoms with E-state index in [-0.39, 0.29) is 17.2 Å². The van der Waals surface area contributed by atoms with Crippen molar-refractivity contribution in [2.45, 2.75) is 31.1 Å². The van der Waals surface area contributed by atoms with E-state index in [2.05, 4.69) is 4.72 Å². The van der Waals surface area contributed by atoms with E-state index in [9.17, 15) is 13.2 Å². The standard InChI is InChI=1S/C11H14N2O5S/c1-8-10(7-9(18-8)11(14)15)19(16,17)13-6-4-2-3-5-12/h7,13H,2-4,6H2,1H3,(H,14,15). The molecule has 0 amide bonds. The fourth-order valence-corrected chi connectivity index (χ4v) is 2.70. The molecule has 0 aliphatic heterocycles. The van der Waals surface area contributed by atoms with Gasteiger partial charge in [-0.2, -0.15) is 5.26 Å². The summed E-state index contributed by atoms with van der Waals surface area (Å²) in [6.07, 6.45) is 1.51. The minimum absolute atomic E-state index is 0.0296. The van der Waals surface area contributed by atoms with E-state index in [1.165, 1.54) is 6.92 Å². The molecule has 0 bridgehead atoms. The number of nitriles is 1. The van der Waals surface area contributed by atoms with Crippen LogP contribution < -0.4 is 4.72 Å². The van der Waals surface area contributed by atoms with Gasteiger partial charge in [-0.25, -0.2) is 17.9 Å². The number of aromatic carboxylic acids is 1. The molecule has 0 atom stereocenters. The topological polar surface area (TPSA) is 120 Å². The zero-order valence-corrected chi connectivity index (χ0v) is 11.2. The summed E-state index contributed by atoms with van der Waals surface area (Å²) in [5, 5.41) is 17.1. The van der Waals surface area contributed by atoms with Crippen LogP contribution in [-0.2, 0) is 10.0 Å². The van der Waals surface area contributed by atoms with Gasteiger partial charge in [-0.05, 0) is 19.8 Å². The molecule has 19 heavy (non-hydrogen) atoms. The quantitative estimate of drug-likeness (QED) is 0.728. The van der Waals surface area contributed by atoms with Gasteiger partial charge in [0.2, 0.25) is 15.8 Å². The second-order valence-electron chi connectivity index (χ2n) is 3.85. The zero-order chi connectivity index (χ0) is 14.5. The van der Waals surface area contributed by atoms with Gasteiger partial charge in [0.25, 0.3) is 0 Å². The molecule has 104 valence electrons. The van der Waals surface area contributed by atoms with Crippen molar-refractivity contribution in [1.29, 1.82) is 5.26 Å². The number of nitrogens with one attached hydrogen (secondary N) is 1. The maximum Gasteiger partial charge on any atom is 0.371 e. The molecule has 1 rings (SSSR count). The van der Waals surface area contributed by atoms with Gasteiger partial charge < -0.3 is 9.52 Å². The van der Waals surface area contributed by atoms with E-state index in [1.54, 1.807) is 0 Å². The molecule has 0 saturated carbocycles. The minimum atomic E-state index is -3.78. The van der Waals surface area contributed by atoms with Crippen LogP contribution in [0.5, 0.6) is 0 Å². The van der Waals surface area contributed by atoms with Gasteiger partial charge >= 0.3 is 5.97 Å². The smallest absolute Gasteiger partial charge is 0.371 e. The van der Waals surface area contributed by atoms with Gasteiger partial charge in [-0.1, -0.05) is 0 Å². The first-order valence-corrected chi connectivity index (χ1v) is 7.07. The van der Waals surface area contributed by atoms with Crippen LogP contribution >= 0.6 is 0 Å². The fraction of sp³-hybridized carbons (Fsp3) is 0.455. The molecule has 0 aliphatic rings. The Labute approximate surface area is 110 Å². The van der Waals surface area contributed by atoms with Crippen LogP contribution in [0.1, 0.15) is 35.6 Å². The van der Waals surface area contributed by atoms with Gasteiger partial charge in [0.1, 0.15) is 10.7 Å². The third-order valence-corrected chi connectivity index (χ3v) is 3.95. The maximum atomic E-state index is 11.9. The highest BCUT2D eigenvalue weighted by molar-refractivity contribution is 7.89. The highest BCUT2D eigenvalue weighted by atomic mass is 32.2. The van der Waals surface area contributed by atoms with Crippen LogP contribution in [0.15, 0.2) is 15.4 Å². The molecule has 1 aromatic heterocycles. The molecule has 8 heteroatoms. The first-order chi connectivity index (χ1) is 8.88. The molecule has 0 radical (unpaired) electrons. The normalized spacial score (nSPS) is 11.2. The molecule has 0 aromatic carbocycles. The van der Waals surface area contributed by atoms with E-state index < -0.39 is 21.8 Å². The summed E-state index contributed by atoms with van der Waals surface area (Å²) in [5.41, 5.74) is 0. The van der Waals surface area contributed by atoms with Crippen LogP contribution in [0, 0.1) is 18.3 Å². The lowest BCUT2D eigenvalue weighted by atomic mass is 10.2. The Bertz CT molecular complexity index is 597. The van der Waals surface area contributed by atoms with E-state index in [4.69, 9.17) is 14.8 Å². The number of nitrogens with zero attached hydrogens (tertiary/aromatic N) is 1. The summed E-state index contributed by atoms with van der Waals surface area (Å²) in [5.74, 6) is -1.71. The molecule has 0 unspecified atom stereocenters. The third-order valence-electron chi connectivity index (χ3n) is 2.38. The summed E-state index contributed by atoms with van der Waals surface area (Å²) in [6.45, 7) is 1.58. The van der Waals surface area contributed by atoms with E-state index in [0.29, 0.717) is 19.3 Å². The summed E-state index contributed by atoms with van der Waals surface area (Å²) >= 11 is 0. The summed E-state index contributed by atoms with van der Waals surface area (Å²) in [4.78, 5) is 10.5. The van der Waals surface area contributed by atoms with E-state index in [0.717, 1.165) is 6.07 Å². The Hall–Kier alpha value is -1.85. The van der Waals surface area contributed by atoms with Crippen molar-refractivity contribution < 1.29 is 22.7 Å². The van der Waals surface area contributed by atoms with Crippen LogP contribution in [0.25, 0.3) is 0 Å². The highest BCUT2D eigenvalue weighted by Gasteiger charge is 2.23. The van der Waals surface area contributed by atoms with Crippen molar-refractivity contribution in [3.05, 3.63) is 17.6 Å². The molecule has 0 fully saturated rings. The lowest BCUT2D eigenvalue weighted by Crippen LogP contribution is -2.25. The monoisotopic (exact) mass is 286 g/mol. The molecule has 1 heterocycles.